The standard InChI is InChI=1S/C18H14BrNO3S2/c1-23-13-5-2-11(3-6-13)10-20-17(22)16(25-18(20)24)9-12-4-7-15(21)14(19)8-12/h2-9,21H,10H2,1H3. The summed E-state index contributed by atoms with van der Waals surface area (Å²) in [6.07, 6.45) is 1.78. The fraction of sp³-hybridized carbons (Fsp3) is 0.111. The number of carbonyl (C=O) groups excluding carboxylic acids is 1. The number of thioether (sulfide) groups is 1. The number of halogens is 1. The third-order valence-electron chi connectivity index (χ3n) is 3.64. The molecule has 1 aliphatic rings. The molecule has 1 saturated heterocycles. The van der Waals surface area contributed by atoms with E-state index in [0.29, 0.717) is 20.2 Å². The first-order valence-electron chi connectivity index (χ1n) is 7.35. The minimum atomic E-state index is -0.116. The number of ether oxygens (including phenoxy) is 1. The van der Waals surface area contributed by atoms with E-state index in [2.05, 4.69) is 15.9 Å². The summed E-state index contributed by atoms with van der Waals surface area (Å²) in [5.74, 6) is 0.811. The minimum Gasteiger partial charge on any atom is -0.507 e. The van der Waals surface area contributed by atoms with Crippen molar-refractivity contribution < 1.29 is 14.6 Å². The number of hydrogen-bond donors (Lipinski definition) is 1. The zero-order valence-electron chi connectivity index (χ0n) is 13.2. The van der Waals surface area contributed by atoms with Crippen LogP contribution in [0.15, 0.2) is 51.8 Å². The maximum atomic E-state index is 12.7. The second kappa shape index (κ2) is 7.59. The molecule has 2 aromatic rings. The maximum absolute atomic E-state index is 12.7. The second-order valence-electron chi connectivity index (χ2n) is 5.33. The summed E-state index contributed by atoms with van der Waals surface area (Å²) >= 11 is 9.91. The van der Waals surface area contributed by atoms with Crippen LogP contribution in [0.5, 0.6) is 11.5 Å². The van der Waals surface area contributed by atoms with Crippen LogP contribution in [0.25, 0.3) is 6.08 Å². The highest BCUT2D eigenvalue weighted by molar-refractivity contribution is 9.10. The van der Waals surface area contributed by atoms with Gasteiger partial charge in [0.15, 0.2) is 0 Å². The van der Waals surface area contributed by atoms with Gasteiger partial charge in [0.05, 0.1) is 23.0 Å². The van der Waals surface area contributed by atoms with Crippen molar-refractivity contribution in [1.29, 1.82) is 0 Å². The van der Waals surface area contributed by atoms with Crippen LogP contribution in [0.4, 0.5) is 0 Å². The minimum absolute atomic E-state index is 0.116. The van der Waals surface area contributed by atoms with Crippen molar-refractivity contribution in [3.8, 4) is 11.5 Å². The Hall–Kier alpha value is -1.83. The van der Waals surface area contributed by atoms with Gasteiger partial charge >= 0.3 is 0 Å². The molecule has 25 heavy (non-hydrogen) atoms. The monoisotopic (exact) mass is 435 g/mol. The number of hydrogen-bond acceptors (Lipinski definition) is 5. The topological polar surface area (TPSA) is 49.8 Å². The number of amides is 1. The molecule has 0 unspecified atom stereocenters. The fourth-order valence-electron chi connectivity index (χ4n) is 2.31. The highest BCUT2D eigenvalue weighted by Crippen LogP contribution is 2.34. The molecule has 1 amide bonds. The normalized spacial score (nSPS) is 15.9. The van der Waals surface area contributed by atoms with Crippen molar-refractivity contribution in [2.24, 2.45) is 0 Å². The number of carbonyl (C=O) groups is 1. The Labute approximate surface area is 163 Å². The number of aromatic hydroxyl groups is 1. The van der Waals surface area contributed by atoms with Crippen molar-refractivity contribution in [2.45, 2.75) is 6.54 Å². The van der Waals surface area contributed by atoms with Gasteiger partial charge < -0.3 is 9.84 Å². The molecule has 3 rings (SSSR count). The van der Waals surface area contributed by atoms with Gasteiger partial charge in [0, 0.05) is 0 Å². The summed E-state index contributed by atoms with van der Waals surface area (Å²) < 4.78 is 6.25. The number of methoxy groups -OCH3 is 1. The lowest BCUT2D eigenvalue weighted by Gasteiger charge is -2.14. The van der Waals surface area contributed by atoms with E-state index in [9.17, 15) is 9.90 Å². The summed E-state index contributed by atoms with van der Waals surface area (Å²) in [4.78, 5) is 14.8. The summed E-state index contributed by atoms with van der Waals surface area (Å²) in [5, 5.41) is 9.56. The lowest BCUT2D eigenvalue weighted by atomic mass is 10.2. The number of rotatable bonds is 4. The Kier molecular flexibility index (Phi) is 5.46. The molecule has 1 aliphatic heterocycles. The number of thiocarbonyl (C=S) groups is 1. The Morgan fingerprint density at radius 2 is 2.00 bits per heavy atom. The Balaban J connectivity index is 1.79. The first-order valence-corrected chi connectivity index (χ1v) is 9.36. The summed E-state index contributed by atoms with van der Waals surface area (Å²) in [6, 6.07) is 12.6. The molecule has 0 spiro atoms. The number of benzene rings is 2. The molecule has 0 atom stereocenters. The molecule has 0 radical (unpaired) electrons. The van der Waals surface area contributed by atoms with Crippen LogP contribution >= 0.6 is 39.9 Å². The van der Waals surface area contributed by atoms with Crippen LogP contribution < -0.4 is 4.74 Å². The molecule has 0 bridgehead atoms. The largest absolute Gasteiger partial charge is 0.507 e. The van der Waals surface area contributed by atoms with E-state index in [1.54, 1.807) is 36.3 Å². The Morgan fingerprint density at radius 3 is 2.64 bits per heavy atom. The van der Waals surface area contributed by atoms with E-state index < -0.39 is 0 Å². The third-order valence-corrected chi connectivity index (χ3v) is 5.66. The molecule has 1 heterocycles. The van der Waals surface area contributed by atoms with E-state index in [1.807, 2.05) is 24.3 Å². The van der Waals surface area contributed by atoms with E-state index >= 15 is 0 Å². The molecule has 4 nitrogen and oxygen atoms in total. The smallest absolute Gasteiger partial charge is 0.266 e. The quantitative estimate of drug-likeness (QED) is 0.563. The van der Waals surface area contributed by atoms with Crippen LogP contribution in [-0.4, -0.2) is 27.3 Å². The van der Waals surface area contributed by atoms with Crippen LogP contribution in [0.1, 0.15) is 11.1 Å². The molecular weight excluding hydrogens is 422 g/mol. The van der Waals surface area contributed by atoms with Crippen LogP contribution in [0.3, 0.4) is 0 Å². The molecule has 0 saturated carbocycles. The van der Waals surface area contributed by atoms with E-state index in [4.69, 9.17) is 17.0 Å². The second-order valence-corrected chi connectivity index (χ2v) is 7.86. The lowest BCUT2D eigenvalue weighted by molar-refractivity contribution is -0.122. The fourth-order valence-corrected chi connectivity index (χ4v) is 3.97. The van der Waals surface area contributed by atoms with Crippen molar-refractivity contribution in [3.63, 3.8) is 0 Å². The number of phenolic OH excluding ortho intramolecular Hbond substituents is 1. The summed E-state index contributed by atoms with van der Waals surface area (Å²) in [6.45, 7) is 0.422. The van der Waals surface area contributed by atoms with Gasteiger partial charge in [0.1, 0.15) is 15.8 Å². The first-order chi connectivity index (χ1) is 12.0. The van der Waals surface area contributed by atoms with E-state index in [1.165, 1.54) is 11.8 Å². The van der Waals surface area contributed by atoms with Crippen molar-refractivity contribution in [2.75, 3.05) is 7.11 Å². The zero-order chi connectivity index (χ0) is 18.0. The van der Waals surface area contributed by atoms with Crippen LogP contribution in [0, 0.1) is 0 Å². The average molecular weight is 436 g/mol. The highest BCUT2D eigenvalue weighted by atomic mass is 79.9. The maximum Gasteiger partial charge on any atom is 0.266 e. The number of nitrogens with zero attached hydrogens (tertiary/aromatic N) is 1. The van der Waals surface area contributed by atoms with Crippen LogP contribution in [0.2, 0.25) is 0 Å². The van der Waals surface area contributed by atoms with Gasteiger partial charge in [0.25, 0.3) is 5.91 Å². The zero-order valence-corrected chi connectivity index (χ0v) is 16.5. The molecule has 0 aromatic heterocycles. The van der Waals surface area contributed by atoms with Crippen LogP contribution in [-0.2, 0) is 11.3 Å². The van der Waals surface area contributed by atoms with Gasteiger partial charge in [-0.15, -0.1) is 0 Å². The SMILES string of the molecule is COc1ccc(CN2C(=O)C(=Cc3ccc(O)c(Br)c3)SC2=S)cc1. The average Bonchev–Trinajstić information content (AvgIpc) is 2.86. The predicted molar refractivity (Wildman–Crippen MR) is 108 cm³/mol. The molecule has 128 valence electrons. The van der Waals surface area contributed by atoms with Gasteiger partial charge in [-0.2, -0.15) is 0 Å². The van der Waals surface area contributed by atoms with Crippen molar-refractivity contribution in [3.05, 3.63) is 63.0 Å². The molecule has 0 aliphatic carbocycles. The van der Waals surface area contributed by atoms with Gasteiger partial charge in [-0.25, -0.2) is 0 Å². The van der Waals surface area contributed by atoms with E-state index in [-0.39, 0.29) is 11.7 Å². The number of phenols is 1. The van der Waals surface area contributed by atoms with Gasteiger partial charge in [0.2, 0.25) is 0 Å². The molecule has 1 N–H and O–H groups in total. The highest BCUT2D eigenvalue weighted by Gasteiger charge is 2.31. The van der Waals surface area contributed by atoms with Gasteiger partial charge in [-0.05, 0) is 57.4 Å². The van der Waals surface area contributed by atoms with Gasteiger partial charge in [-0.1, -0.05) is 42.2 Å². The third kappa shape index (κ3) is 4.05. The predicted octanol–water partition coefficient (Wildman–Crippen LogP) is 4.56. The Morgan fingerprint density at radius 1 is 1.28 bits per heavy atom. The Bertz CT molecular complexity index is 865. The first kappa shape index (κ1) is 18.0. The molecular formula is C18H14BrNO3S2. The summed E-state index contributed by atoms with van der Waals surface area (Å²) in [5.41, 5.74) is 1.79. The van der Waals surface area contributed by atoms with Crippen molar-refractivity contribution >= 4 is 56.2 Å². The molecule has 1 fully saturated rings. The lowest BCUT2D eigenvalue weighted by Crippen LogP contribution is -2.27. The molecule has 7 heteroatoms. The van der Waals surface area contributed by atoms with E-state index in [0.717, 1.165) is 16.9 Å². The van der Waals surface area contributed by atoms with Gasteiger partial charge in [-0.3, -0.25) is 9.69 Å². The van der Waals surface area contributed by atoms with Crippen molar-refractivity contribution in [1.82, 2.24) is 4.90 Å². The molecule has 2 aromatic carbocycles. The summed E-state index contributed by atoms with van der Waals surface area (Å²) in [7, 11) is 1.61.